The molecule has 0 N–H and O–H groups in total. The van der Waals surface area contributed by atoms with Gasteiger partial charge in [0.2, 0.25) is 0 Å². The number of ether oxygens (including phenoxy) is 10. The summed E-state index contributed by atoms with van der Waals surface area (Å²) in [5.41, 5.74) is 5.20. The molecule has 6 aromatic rings. The highest BCUT2D eigenvalue weighted by molar-refractivity contribution is 5.81. The van der Waals surface area contributed by atoms with Gasteiger partial charge in [-0.15, -0.1) is 0 Å². The van der Waals surface area contributed by atoms with Crippen LogP contribution in [0.2, 0.25) is 0 Å². The first-order chi connectivity index (χ1) is 28.4. The minimum Gasteiger partial charge on any atom is -0.493 e. The second kappa shape index (κ2) is 19.2. The molecule has 0 amide bonds. The van der Waals surface area contributed by atoms with Crippen LogP contribution in [0.15, 0.2) is 121 Å². The van der Waals surface area contributed by atoms with Crippen molar-refractivity contribution < 1.29 is 47.4 Å². The number of anilines is 6. The van der Waals surface area contributed by atoms with Crippen LogP contribution >= 0.6 is 0 Å². The van der Waals surface area contributed by atoms with Gasteiger partial charge in [-0.3, -0.25) is 0 Å². The Balaban J connectivity index is 1.16. The smallest absolute Gasteiger partial charge is 0.162 e. The van der Waals surface area contributed by atoms with Crippen LogP contribution in [0.4, 0.5) is 34.1 Å². The third-order valence-corrected chi connectivity index (χ3v) is 9.31. The highest BCUT2D eigenvalue weighted by Gasteiger charge is 2.20. The maximum atomic E-state index is 6.10. The summed E-state index contributed by atoms with van der Waals surface area (Å²) in [6.07, 6.45) is 0. The lowest BCUT2D eigenvalue weighted by molar-refractivity contribution is 0.217. The van der Waals surface area contributed by atoms with Crippen LogP contribution in [0.1, 0.15) is 0 Å². The Morgan fingerprint density at radius 2 is 0.500 bits per heavy atom. The van der Waals surface area contributed by atoms with Crippen molar-refractivity contribution in [2.24, 2.45) is 0 Å². The van der Waals surface area contributed by atoms with Gasteiger partial charge in [-0.25, -0.2) is 0 Å². The monoisotopic (exact) mass is 788 g/mol. The van der Waals surface area contributed by atoms with Crippen molar-refractivity contribution in [1.29, 1.82) is 0 Å². The van der Waals surface area contributed by atoms with E-state index in [1.54, 1.807) is 56.9 Å². The predicted octanol–water partition coefficient (Wildman–Crippen LogP) is 10.2. The predicted molar refractivity (Wildman–Crippen MR) is 226 cm³/mol. The lowest BCUT2D eigenvalue weighted by atomic mass is 10.1. The molecule has 12 nitrogen and oxygen atoms in total. The van der Waals surface area contributed by atoms with Crippen LogP contribution in [0.3, 0.4) is 0 Å². The Bertz CT molecular complexity index is 1990. The zero-order chi connectivity index (χ0) is 41.0. The van der Waals surface area contributed by atoms with Crippen LogP contribution in [-0.2, 0) is 0 Å². The molecule has 0 aliphatic rings. The van der Waals surface area contributed by atoms with Crippen molar-refractivity contribution in [3.05, 3.63) is 121 Å². The quantitative estimate of drug-likeness (QED) is 0.0731. The summed E-state index contributed by atoms with van der Waals surface area (Å²) < 4.78 is 56.7. The first kappa shape index (κ1) is 40.6. The van der Waals surface area contributed by atoms with Crippen LogP contribution < -0.4 is 57.2 Å². The van der Waals surface area contributed by atoms with E-state index in [4.69, 9.17) is 47.4 Å². The Morgan fingerprint density at radius 1 is 0.276 bits per heavy atom. The van der Waals surface area contributed by atoms with Gasteiger partial charge in [0.05, 0.1) is 79.6 Å². The van der Waals surface area contributed by atoms with Crippen LogP contribution in [0.5, 0.6) is 57.5 Å². The maximum absolute atomic E-state index is 6.10. The topological polar surface area (TPSA) is 98.8 Å². The summed E-state index contributed by atoms with van der Waals surface area (Å²) in [5, 5.41) is 0. The summed E-state index contributed by atoms with van der Waals surface area (Å²) in [6.45, 7) is 0.666. The van der Waals surface area contributed by atoms with Gasteiger partial charge < -0.3 is 57.2 Å². The zero-order valence-corrected chi connectivity index (χ0v) is 33.9. The highest BCUT2D eigenvalue weighted by Crippen LogP contribution is 2.44. The minimum atomic E-state index is 0.333. The fourth-order valence-corrected chi connectivity index (χ4v) is 6.45. The van der Waals surface area contributed by atoms with Gasteiger partial charge in [0.25, 0.3) is 0 Å². The van der Waals surface area contributed by atoms with E-state index in [2.05, 4.69) is 9.80 Å². The Labute approximate surface area is 339 Å². The summed E-state index contributed by atoms with van der Waals surface area (Å²) in [6, 6.07) is 38.7. The summed E-state index contributed by atoms with van der Waals surface area (Å²) in [5.74, 6) is 6.34. The zero-order valence-electron chi connectivity index (χ0n) is 33.9. The van der Waals surface area contributed by atoms with Crippen molar-refractivity contribution >= 4 is 34.1 Å². The van der Waals surface area contributed by atoms with E-state index in [1.807, 2.05) is 121 Å². The number of rotatable bonds is 19. The largest absolute Gasteiger partial charge is 0.493 e. The molecule has 0 aliphatic heterocycles. The molecule has 0 saturated heterocycles. The molecule has 6 aromatic carbocycles. The van der Waals surface area contributed by atoms with E-state index in [9.17, 15) is 0 Å². The van der Waals surface area contributed by atoms with Crippen LogP contribution in [-0.4, -0.2) is 70.1 Å². The number of hydrogen-bond acceptors (Lipinski definition) is 12. The molecule has 0 fully saturated rings. The first-order valence-electron chi connectivity index (χ1n) is 18.3. The number of benzene rings is 6. The standard InChI is InChI=1S/C46H48N2O10/c1-49-39-21-13-33(27-43(39)53-5)47(34-14-22-40(50-2)44(28-34)54-6)31-9-17-37(18-10-31)57-25-26-58-38-19-11-32(12-20-38)48(35-15-23-41(51-3)45(29-35)55-7)36-16-24-42(52-4)46(30-36)56-8/h9-24,27-30H,25-26H2,1-8H3. The maximum Gasteiger partial charge on any atom is 0.162 e. The lowest BCUT2D eigenvalue weighted by Crippen LogP contribution is -2.12. The lowest BCUT2D eigenvalue weighted by Gasteiger charge is -2.27. The summed E-state index contributed by atoms with van der Waals surface area (Å²) in [7, 11) is 12.9. The molecule has 12 heteroatoms. The Hall–Kier alpha value is -7.08. The van der Waals surface area contributed by atoms with Gasteiger partial charge in [0.15, 0.2) is 46.0 Å². The molecule has 0 radical (unpaired) electrons. The SMILES string of the molecule is COc1ccc(N(c2ccc(OCCOc3ccc(N(c4ccc(OC)c(OC)c4)c4ccc(OC)c(OC)c4)cc3)cc2)c2ccc(OC)c(OC)c2)cc1OC. The average molecular weight is 789 g/mol. The number of hydrogen-bond donors (Lipinski definition) is 0. The molecule has 0 aliphatic carbocycles. The van der Waals surface area contributed by atoms with Crippen molar-refractivity contribution in [2.75, 3.05) is 79.9 Å². The van der Waals surface area contributed by atoms with Gasteiger partial charge in [0, 0.05) is 35.6 Å². The third kappa shape index (κ3) is 8.97. The van der Waals surface area contributed by atoms with Gasteiger partial charge in [-0.2, -0.15) is 0 Å². The fourth-order valence-electron chi connectivity index (χ4n) is 6.45. The van der Waals surface area contributed by atoms with E-state index in [0.29, 0.717) is 70.7 Å². The summed E-state index contributed by atoms with van der Waals surface area (Å²) >= 11 is 0. The Morgan fingerprint density at radius 3 is 0.724 bits per heavy atom. The van der Waals surface area contributed by atoms with Crippen molar-refractivity contribution in [3.63, 3.8) is 0 Å². The molecule has 0 saturated carbocycles. The summed E-state index contributed by atoms with van der Waals surface area (Å²) in [4.78, 5) is 4.16. The van der Waals surface area contributed by atoms with E-state index < -0.39 is 0 Å². The van der Waals surface area contributed by atoms with E-state index in [-0.39, 0.29) is 0 Å². The van der Waals surface area contributed by atoms with Gasteiger partial charge >= 0.3 is 0 Å². The molecule has 58 heavy (non-hydrogen) atoms. The molecular formula is C46H48N2O10. The molecule has 0 unspecified atom stereocenters. The van der Waals surface area contributed by atoms with E-state index in [0.717, 1.165) is 34.1 Å². The van der Waals surface area contributed by atoms with Crippen LogP contribution in [0.25, 0.3) is 0 Å². The number of nitrogens with zero attached hydrogens (tertiary/aromatic N) is 2. The van der Waals surface area contributed by atoms with Crippen molar-refractivity contribution in [3.8, 4) is 57.5 Å². The first-order valence-corrected chi connectivity index (χ1v) is 18.3. The molecule has 0 aromatic heterocycles. The normalized spacial score (nSPS) is 10.6. The van der Waals surface area contributed by atoms with E-state index >= 15 is 0 Å². The van der Waals surface area contributed by atoms with Gasteiger partial charge in [-0.1, -0.05) is 0 Å². The van der Waals surface area contributed by atoms with E-state index in [1.165, 1.54) is 0 Å². The Kier molecular flexibility index (Phi) is 13.4. The highest BCUT2D eigenvalue weighted by atomic mass is 16.5. The fraction of sp³-hybridized carbons (Fsp3) is 0.217. The third-order valence-electron chi connectivity index (χ3n) is 9.31. The van der Waals surface area contributed by atoms with Gasteiger partial charge in [-0.05, 0) is 97.1 Å². The molecule has 302 valence electrons. The minimum absolute atomic E-state index is 0.333. The molecule has 0 heterocycles. The average Bonchev–Trinajstić information content (AvgIpc) is 3.28. The molecule has 0 spiro atoms. The molecule has 0 bridgehead atoms. The second-order valence-electron chi connectivity index (χ2n) is 12.5. The van der Waals surface area contributed by atoms with Gasteiger partial charge in [0.1, 0.15) is 24.7 Å². The molecular weight excluding hydrogens is 741 g/mol. The van der Waals surface area contributed by atoms with Crippen molar-refractivity contribution in [2.45, 2.75) is 0 Å². The number of methoxy groups -OCH3 is 8. The van der Waals surface area contributed by atoms with Crippen molar-refractivity contribution in [1.82, 2.24) is 0 Å². The van der Waals surface area contributed by atoms with Crippen LogP contribution in [0, 0.1) is 0 Å². The molecule has 6 rings (SSSR count). The second-order valence-corrected chi connectivity index (χ2v) is 12.5. The molecule has 0 atom stereocenters.